The van der Waals surface area contributed by atoms with E-state index in [1.807, 2.05) is 0 Å². The number of nitrogens with one attached hydrogen (secondary N) is 1. The number of carboxylic acids is 1. The summed E-state index contributed by atoms with van der Waals surface area (Å²) in [5, 5.41) is 8.56. The lowest BCUT2D eigenvalue weighted by Crippen LogP contribution is -2.44. The summed E-state index contributed by atoms with van der Waals surface area (Å²) in [6.45, 7) is 0.290. The van der Waals surface area contributed by atoms with Gasteiger partial charge in [-0.25, -0.2) is 13.1 Å². The summed E-state index contributed by atoms with van der Waals surface area (Å²) in [6.07, 6.45) is 4.17. The maximum Gasteiger partial charge on any atom is 0.303 e. The van der Waals surface area contributed by atoms with E-state index >= 15 is 0 Å². The van der Waals surface area contributed by atoms with Gasteiger partial charge in [0.2, 0.25) is 10.0 Å². The van der Waals surface area contributed by atoms with E-state index in [1.54, 1.807) is 0 Å². The highest BCUT2D eigenvalue weighted by molar-refractivity contribution is 7.90. The molecule has 2 fully saturated rings. The molecule has 0 unspecified atom stereocenters. The van der Waals surface area contributed by atoms with E-state index < -0.39 is 16.0 Å². The molecule has 0 bridgehead atoms. The van der Waals surface area contributed by atoms with Crippen LogP contribution in [0.2, 0.25) is 0 Å². The first-order chi connectivity index (χ1) is 7.44. The van der Waals surface area contributed by atoms with E-state index in [0.29, 0.717) is 0 Å². The summed E-state index contributed by atoms with van der Waals surface area (Å²) >= 11 is 0. The van der Waals surface area contributed by atoms with Gasteiger partial charge in [0.25, 0.3) is 0 Å². The van der Waals surface area contributed by atoms with E-state index in [0.717, 1.165) is 32.1 Å². The third-order valence-electron chi connectivity index (χ3n) is 3.55. The first kappa shape index (κ1) is 11.9. The zero-order valence-electron chi connectivity index (χ0n) is 9.11. The van der Waals surface area contributed by atoms with Gasteiger partial charge < -0.3 is 5.11 Å². The van der Waals surface area contributed by atoms with Crippen LogP contribution in [0.4, 0.5) is 0 Å². The molecule has 0 aromatic heterocycles. The van der Waals surface area contributed by atoms with Crippen LogP contribution in [0, 0.1) is 5.41 Å². The molecule has 0 aromatic rings. The molecule has 0 aliphatic heterocycles. The van der Waals surface area contributed by atoms with Gasteiger partial charge in [0.05, 0.1) is 11.7 Å². The minimum atomic E-state index is -3.18. The first-order valence-electron chi connectivity index (χ1n) is 5.64. The Morgan fingerprint density at radius 1 is 1.38 bits per heavy atom. The Morgan fingerprint density at radius 2 is 2.00 bits per heavy atom. The SMILES string of the molecule is O=C(O)CC1(CNS(=O)(=O)C2CC2)CCC1. The summed E-state index contributed by atoms with van der Waals surface area (Å²) in [4.78, 5) is 10.7. The average molecular weight is 247 g/mol. The lowest BCUT2D eigenvalue weighted by molar-refractivity contribution is -0.141. The third kappa shape index (κ3) is 2.55. The van der Waals surface area contributed by atoms with Crippen LogP contribution in [-0.4, -0.2) is 31.3 Å². The van der Waals surface area contributed by atoms with Gasteiger partial charge in [0, 0.05) is 6.54 Å². The summed E-state index contributed by atoms with van der Waals surface area (Å²) in [5.74, 6) is -0.842. The average Bonchev–Trinajstić information content (AvgIpc) is 2.91. The molecule has 0 radical (unpaired) electrons. The van der Waals surface area contributed by atoms with Crippen molar-refractivity contribution >= 4 is 16.0 Å². The molecule has 2 aliphatic rings. The van der Waals surface area contributed by atoms with Crippen LogP contribution in [-0.2, 0) is 14.8 Å². The van der Waals surface area contributed by atoms with Gasteiger partial charge >= 0.3 is 5.97 Å². The lowest BCUT2D eigenvalue weighted by Gasteiger charge is -2.40. The van der Waals surface area contributed by atoms with Crippen LogP contribution in [0.25, 0.3) is 0 Å². The molecule has 2 saturated carbocycles. The summed E-state index contributed by atoms with van der Waals surface area (Å²) in [5.41, 5.74) is -0.326. The number of sulfonamides is 1. The largest absolute Gasteiger partial charge is 0.481 e. The van der Waals surface area contributed by atoms with E-state index in [9.17, 15) is 13.2 Å². The molecule has 0 saturated heterocycles. The molecule has 92 valence electrons. The number of aliphatic carboxylic acids is 1. The van der Waals surface area contributed by atoms with Crippen LogP contribution < -0.4 is 4.72 Å². The third-order valence-corrected chi connectivity index (χ3v) is 5.45. The Hall–Kier alpha value is -0.620. The monoisotopic (exact) mass is 247 g/mol. The predicted octanol–water partition coefficient (Wildman–Crippen LogP) is 0.713. The van der Waals surface area contributed by atoms with Crippen molar-refractivity contribution in [1.29, 1.82) is 0 Å². The smallest absolute Gasteiger partial charge is 0.303 e. The summed E-state index contributed by atoms with van der Waals surface area (Å²) < 4.78 is 25.8. The molecule has 0 amide bonds. The minimum absolute atomic E-state index is 0.0696. The molecule has 6 heteroatoms. The lowest BCUT2D eigenvalue weighted by atomic mass is 9.67. The van der Waals surface area contributed by atoms with Crippen molar-refractivity contribution in [1.82, 2.24) is 4.72 Å². The second-order valence-electron chi connectivity index (χ2n) is 4.99. The molecule has 16 heavy (non-hydrogen) atoms. The van der Waals surface area contributed by atoms with Gasteiger partial charge in [-0.3, -0.25) is 4.79 Å². The topological polar surface area (TPSA) is 83.5 Å². The number of carbonyl (C=O) groups is 1. The van der Waals surface area contributed by atoms with E-state index in [1.165, 1.54) is 0 Å². The second kappa shape index (κ2) is 4.00. The van der Waals surface area contributed by atoms with Crippen molar-refractivity contribution in [3.8, 4) is 0 Å². The number of hydrogen-bond donors (Lipinski definition) is 2. The van der Waals surface area contributed by atoms with Gasteiger partial charge in [0.15, 0.2) is 0 Å². The van der Waals surface area contributed by atoms with Crippen molar-refractivity contribution in [2.75, 3.05) is 6.54 Å². The van der Waals surface area contributed by atoms with Crippen molar-refractivity contribution < 1.29 is 18.3 Å². The quantitative estimate of drug-likeness (QED) is 0.724. The van der Waals surface area contributed by atoms with E-state index in [2.05, 4.69) is 4.72 Å². The van der Waals surface area contributed by atoms with Crippen LogP contribution >= 0.6 is 0 Å². The molecule has 0 atom stereocenters. The van der Waals surface area contributed by atoms with E-state index in [-0.39, 0.29) is 23.6 Å². The van der Waals surface area contributed by atoms with Crippen molar-refractivity contribution in [2.45, 2.75) is 43.8 Å². The Labute approximate surface area is 95.3 Å². The van der Waals surface area contributed by atoms with Gasteiger partial charge in [0.1, 0.15) is 0 Å². The molecular weight excluding hydrogens is 230 g/mol. The zero-order valence-corrected chi connectivity index (χ0v) is 9.92. The van der Waals surface area contributed by atoms with Crippen LogP contribution in [0.15, 0.2) is 0 Å². The van der Waals surface area contributed by atoms with Crippen LogP contribution in [0.5, 0.6) is 0 Å². The molecule has 0 aromatic carbocycles. The van der Waals surface area contributed by atoms with Crippen LogP contribution in [0.3, 0.4) is 0 Å². The Bertz CT molecular complexity index is 382. The molecule has 0 heterocycles. The molecule has 2 aliphatic carbocycles. The Morgan fingerprint density at radius 3 is 2.38 bits per heavy atom. The van der Waals surface area contributed by atoms with Crippen molar-refractivity contribution in [2.24, 2.45) is 5.41 Å². The highest BCUT2D eigenvalue weighted by Gasteiger charge is 2.42. The Kier molecular flexibility index (Phi) is 2.96. The fourth-order valence-electron chi connectivity index (χ4n) is 2.16. The van der Waals surface area contributed by atoms with Gasteiger partial charge in [-0.15, -0.1) is 0 Å². The van der Waals surface area contributed by atoms with Gasteiger partial charge in [-0.05, 0) is 31.1 Å². The fourth-order valence-corrected chi connectivity index (χ4v) is 3.66. The van der Waals surface area contributed by atoms with E-state index in [4.69, 9.17) is 5.11 Å². The number of rotatable bonds is 6. The molecule has 2 N–H and O–H groups in total. The number of carboxylic acid groups (broad SMARTS) is 1. The van der Waals surface area contributed by atoms with Crippen LogP contribution in [0.1, 0.15) is 38.5 Å². The maximum atomic E-state index is 11.6. The highest BCUT2D eigenvalue weighted by atomic mass is 32.2. The van der Waals surface area contributed by atoms with Gasteiger partial charge in [-0.1, -0.05) is 6.42 Å². The summed E-state index contributed by atoms with van der Waals surface area (Å²) in [6, 6.07) is 0. The maximum absolute atomic E-state index is 11.6. The first-order valence-corrected chi connectivity index (χ1v) is 7.19. The summed E-state index contributed by atoms with van der Waals surface area (Å²) in [7, 11) is -3.18. The normalized spacial score (nSPS) is 23.8. The predicted molar refractivity (Wildman–Crippen MR) is 58.5 cm³/mol. The molecule has 2 rings (SSSR count). The molecule has 0 spiro atoms. The zero-order chi connectivity index (χ0) is 11.8. The Balaban J connectivity index is 1.90. The highest BCUT2D eigenvalue weighted by Crippen LogP contribution is 2.43. The molecule has 5 nitrogen and oxygen atoms in total. The minimum Gasteiger partial charge on any atom is -0.481 e. The molecular formula is C10H17NO4S. The van der Waals surface area contributed by atoms with Gasteiger partial charge in [-0.2, -0.15) is 0 Å². The standard InChI is InChI=1S/C10H17NO4S/c12-9(13)6-10(4-1-5-10)7-11-16(14,15)8-2-3-8/h8,11H,1-7H2,(H,12,13). The van der Waals surface area contributed by atoms with Crippen molar-refractivity contribution in [3.63, 3.8) is 0 Å². The van der Waals surface area contributed by atoms with Crippen molar-refractivity contribution in [3.05, 3.63) is 0 Å². The second-order valence-corrected chi connectivity index (χ2v) is 7.03. The number of hydrogen-bond acceptors (Lipinski definition) is 3. The fraction of sp³-hybridized carbons (Fsp3) is 0.900.